The number of nitrogens with zero attached hydrogens (tertiary/aromatic N) is 1. The van der Waals surface area contributed by atoms with Crippen LogP contribution in [0.5, 0.6) is 0 Å². The highest BCUT2D eigenvalue weighted by Gasteiger charge is 2.22. The number of nitro benzene ring substituents is 1. The Morgan fingerprint density at radius 2 is 2.12 bits per heavy atom. The van der Waals surface area contributed by atoms with E-state index in [1.54, 1.807) is 32.9 Å². The molecule has 0 aliphatic heterocycles. The maximum atomic E-state index is 10.9. The van der Waals surface area contributed by atoms with Gasteiger partial charge in [-0.2, -0.15) is 0 Å². The van der Waals surface area contributed by atoms with Crippen molar-refractivity contribution in [2.75, 3.05) is 11.9 Å². The number of nitrogens with one attached hydrogen (secondary N) is 1. The second-order valence-corrected chi connectivity index (χ2v) is 4.39. The van der Waals surface area contributed by atoms with Crippen LogP contribution < -0.4 is 5.32 Å². The molecule has 0 atom stereocenters. The van der Waals surface area contributed by atoms with Crippen LogP contribution in [0.4, 0.5) is 11.4 Å². The predicted molar refractivity (Wildman–Crippen MR) is 62.6 cm³/mol. The van der Waals surface area contributed by atoms with Gasteiger partial charge in [-0.25, -0.2) is 0 Å². The summed E-state index contributed by atoms with van der Waals surface area (Å²) in [6, 6.07) is 4.89. The quantitative estimate of drug-likeness (QED) is 0.606. The van der Waals surface area contributed by atoms with Crippen LogP contribution in [0.3, 0.4) is 0 Å². The smallest absolute Gasteiger partial charge is 0.292 e. The molecule has 0 spiro atoms. The van der Waals surface area contributed by atoms with Gasteiger partial charge in [0.25, 0.3) is 5.69 Å². The Balaban J connectivity index is 3.16. The average Bonchev–Trinajstić information content (AvgIpc) is 2.20. The first-order chi connectivity index (χ1) is 7.37. The molecule has 0 fully saturated rings. The number of hydrogen-bond donors (Lipinski definition) is 2. The van der Waals surface area contributed by atoms with E-state index in [1.165, 1.54) is 6.07 Å². The van der Waals surface area contributed by atoms with Crippen LogP contribution in [-0.2, 0) is 0 Å². The van der Waals surface area contributed by atoms with Crippen molar-refractivity contribution in [2.24, 2.45) is 0 Å². The minimum atomic E-state index is -0.586. The Kier molecular flexibility index (Phi) is 3.49. The molecule has 5 heteroatoms. The number of hydrogen-bond acceptors (Lipinski definition) is 4. The lowest BCUT2D eigenvalue weighted by Crippen LogP contribution is -2.35. The van der Waals surface area contributed by atoms with Crippen LogP contribution in [0.2, 0.25) is 0 Å². The van der Waals surface area contributed by atoms with Crippen molar-refractivity contribution in [1.29, 1.82) is 0 Å². The zero-order chi connectivity index (χ0) is 12.3. The van der Waals surface area contributed by atoms with Gasteiger partial charge in [-0.1, -0.05) is 12.1 Å². The molecule has 1 rings (SSSR count). The second-order valence-electron chi connectivity index (χ2n) is 4.39. The summed E-state index contributed by atoms with van der Waals surface area (Å²) in [6.07, 6.45) is 0. The van der Waals surface area contributed by atoms with Gasteiger partial charge in [0.05, 0.1) is 17.1 Å². The molecule has 0 amide bonds. The molecule has 5 nitrogen and oxygen atoms in total. The van der Waals surface area contributed by atoms with Crippen LogP contribution in [0, 0.1) is 17.0 Å². The standard InChI is InChI=1S/C11H16N2O3/c1-8-5-4-6-9(13(15)16)10(8)12-11(2,3)7-14/h4-6,12,14H,7H2,1-3H3. The van der Waals surface area contributed by atoms with Gasteiger partial charge in [0.15, 0.2) is 0 Å². The highest BCUT2D eigenvalue weighted by Crippen LogP contribution is 2.29. The molecule has 0 heterocycles. The zero-order valence-corrected chi connectivity index (χ0v) is 9.65. The van der Waals surface area contributed by atoms with E-state index in [9.17, 15) is 10.1 Å². The van der Waals surface area contributed by atoms with E-state index in [1.807, 2.05) is 0 Å². The molecule has 0 saturated carbocycles. The van der Waals surface area contributed by atoms with Crippen LogP contribution in [-0.4, -0.2) is 22.2 Å². The number of aryl methyl sites for hydroxylation is 1. The number of para-hydroxylation sites is 1. The summed E-state index contributed by atoms with van der Waals surface area (Å²) in [5.41, 5.74) is 0.695. The first-order valence-electron chi connectivity index (χ1n) is 5.00. The molecule has 16 heavy (non-hydrogen) atoms. The van der Waals surface area contributed by atoms with E-state index in [-0.39, 0.29) is 12.3 Å². The molecule has 0 unspecified atom stereocenters. The van der Waals surface area contributed by atoms with Crippen molar-refractivity contribution in [3.8, 4) is 0 Å². The van der Waals surface area contributed by atoms with Gasteiger partial charge < -0.3 is 10.4 Å². The van der Waals surface area contributed by atoms with Crippen molar-refractivity contribution in [1.82, 2.24) is 0 Å². The van der Waals surface area contributed by atoms with Crippen molar-refractivity contribution in [3.63, 3.8) is 0 Å². The monoisotopic (exact) mass is 224 g/mol. The predicted octanol–water partition coefficient (Wildman–Crippen LogP) is 2.09. The average molecular weight is 224 g/mol. The molecule has 88 valence electrons. The molecule has 0 saturated heterocycles. The van der Waals surface area contributed by atoms with Gasteiger partial charge in [0, 0.05) is 6.07 Å². The number of aliphatic hydroxyl groups is 1. The molecule has 2 N–H and O–H groups in total. The molecule has 0 aromatic heterocycles. The van der Waals surface area contributed by atoms with Crippen molar-refractivity contribution >= 4 is 11.4 Å². The summed E-state index contributed by atoms with van der Waals surface area (Å²) in [5, 5.41) is 23.0. The number of benzene rings is 1. The zero-order valence-electron chi connectivity index (χ0n) is 9.65. The SMILES string of the molecule is Cc1cccc([N+](=O)[O-])c1NC(C)(C)CO. The van der Waals surface area contributed by atoms with E-state index in [0.717, 1.165) is 5.56 Å². The summed E-state index contributed by atoms with van der Waals surface area (Å²) < 4.78 is 0. The summed E-state index contributed by atoms with van der Waals surface area (Å²) >= 11 is 0. The van der Waals surface area contributed by atoms with Gasteiger partial charge in [0.1, 0.15) is 5.69 Å². The third-order valence-electron chi connectivity index (χ3n) is 2.31. The molecule has 0 aliphatic rings. The van der Waals surface area contributed by atoms with Crippen LogP contribution in [0.15, 0.2) is 18.2 Å². The van der Waals surface area contributed by atoms with E-state index in [2.05, 4.69) is 5.32 Å². The topological polar surface area (TPSA) is 75.4 Å². The summed E-state index contributed by atoms with van der Waals surface area (Å²) in [6.45, 7) is 5.26. The van der Waals surface area contributed by atoms with E-state index >= 15 is 0 Å². The van der Waals surface area contributed by atoms with Crippen LogP contribution in [0.1, 0.15) is 19.4 Å². The highest BCUT2D eigenvalue weighted by molar-refractivity contribution is 5.66. The maximum absolute atomic E-state index is 10.9. The van der Waals surface area contributed by atoms with Gasteiger partial charge in [0.2, 0.25) is 0 Å². The first-order valence-corrected chi connectivity index (χ1v) is 5.00. The Morgan fingerprint density at radius 3 is 2.62 bits per heavy atom. The minimum absolute atomic E-state index is 0.0292. The molecule has 1 aromatic rings. The lowest BCUT2D eigenvalue weighted by molar-refractivity contribution is -0.384. The fraction of sp³-hybridized carbons (Fsp3) is 0.455. The lowest BCUT2D eigenvalue weighted by atomic mass is 10.0. The maximum Gasteiger partial charge on any atom is 0.292 e. The third kappa shape index (κ3) is 2.70. The largest absolute Gasteiger partial charge is 0.394 e. The summed E-state index contributed by atoms with van der Waals surface area (Å²) in [4.78, 5) is 10.4. The molecular formula is C11H16N2O3. The number of anilines is 1. The van der Waals surface area contributed by atoms with Crippen LogP contribution in [0.25, 0.3) is 0 Å². The molecule has 1 aromatic carbocycles. The fourth-order valence-electron chi connectivity index (χ4n) is 1.34. The number of nitro groups is 1. The van der Waals surface area contributed by atoms with Crippen molar-refractivity contribution in [3.05, 3.63) is 33.9 Å². The summed E-state index contributed by atoms with van der Waals surface area (Å²) in [7, 11) is 0. The van der Waals surface area contributed by atoms with E-state index in [4.69, 9.17) is 5.11 Å². The van der Waals surface area contributed by atoms with Gasteiger partial charge in [-0.15, -0.1) is 0 Å². The van der Waals surface area contributed by atoms with Crippen LogP contribution >= 0.6 is 0 Å². The Labute approximate surface area is 94.3 Å². The Hall–Kier alpha value is -1.62. The van der Waals surface area contributed by atoms with Crippen molar-refractivity contribution in [2.45, 2.75) is 26.3 Å². The summed E-state index contributed by atoms with van der Waals surface area (Å²) in [5.74, 6) is 0. The highest BCUT2D eigenvalue weighted by atomic mass is 16.6. The van der Waals surface area contributed by atoms with Crippen molar-refractivity contribution < 1.29 is 10.0 Å². The van der Waals surface area contributed by atoms with Gasteiger partial charge >= 0.3 is 0 Å². The molecule has 0 radical (unpaired) electrons. The normalized spacial score (nSPS) is 11.2. The lowest BCUT2D eigenvalue weighted by Gasteiger charge is -2.25. The van der Waals surface area contributed by atoms with Gasteiger partial charge in [-0.05, 0) is 26.3 Å². The Morgan fingerprint density at radius 1 is 1.50 bits per heavy atom. The Bertz CT molecular complexity index is 402. The second kappa shape index (κ2) is 4.49. The van der Waals surface area contributed by atoms with Gasteiger partial charge in [-0.3, -0.25) is 10.1 Å². The minimum Gasteiger partial charge on any atom is -0.394 e. The first kappa shape index (κ1) is 12.4. The third-order valence-corrected chi connectivity index (χ3v) is 2.31. The number of rotatable bonds is 4. The van der Waals surface area contributed by atoms with E-state index in [0.29, 0.717) is 5.69 Å². The van der Waals surface area contributed by atoms with E-state index < -0.39 is 10.5 Å². The molecule has 0 aliphatic carbocycles. The number of aliphatic hydroxyl groups excluding tert-OH is 1. The fourth-order valence-corrected chi connectivity index (χ4v) is 1.34. The molecular weight excluding hydrogens is 208 g/mol. The molecule has 0 bridgehead atoms.